The Hall–Kier alpha value is -0.643. The Balaban J connectivity index is 2.04. The molecule has 4 atom stereocenters. The molecule has 2 rings (SSSR count). The minimum Gasteiger partial charge on any atom is -0.402 e. The largest absolute Gasteiger partial charge is 0.402 e. The lowest BCUT2D eigenvalue weighted by Crippen LogP contribution is -2.57. The summed E-state index contributed by atoms with van der Waals surface area (Å²) in [5.74, 6) is -0.899. The lowest BCUT2D eigenvalue weighted by Gasteiger charge is -2.39. The maximum absolute atomic E-state index is 13.6. The second kappa shape index (κ2) is 6.34. The van der Waals surface area contributed by atoms with Gasteiger partial charge in [-0.25, -0.2) is 9.18 Å². The van der Waals surface area contributed by atoms with Gasteiger partial charge in [0.2, 0.25) is 0 Å². The maximum atomic E-state index is 13.6. The predicted molar refractivity (Wildman–Crippen MR) is 89.2 cm³/mol. The molecule has 2 aliphatic rings. The third kappa shape index (κ3) is 3.89. The summed E-state index contributed by atoms with van der Waals surface area (Å²) in [5.41, 5.74) is -0.440. The van der Waals surface area contributed by atoms with Crippen LogP contribution in [0.25, 0.3) is 0 Å². The van der Waals surface area contributed by atoms with Gasteiger partial charge in [0.15, 0.2) is 14.5 Å². The van der Waals surface area contributed by atoms with Crippen LogP contribution in [0, 0.1) is 0 Å². The molecule has 3 amide bonds. The van der Waals surface area contributed by atoms with Crippen molar-refractivity contribution in [2.75, 3.05) is 6.54 Å². The summed E-state index contributed by atoms with van der Waals surface area (Å²) >= 11 is 1.32. The first-order chi connectivity index (χ1) is 10.4. The van der Waals surface area contributed by atoms with Gasteiger partial charge in [-0.2, -0.15) is 0 Å². The molecule has 0 aliphatic carbocycles. The molecule has 2 N–H and O–H groups in total. The Morgan fingerprint density at radius 2 is 2.00 bits per heavy atom. The molecule has 2 fully saturated rings. The summed E-state index contributed by atoms with van der Waals surface area (Å²) in [6.45, 7) is 10.2. The average molecular weight is 365 g/mol. The van der Waals surface area contributed by atoms with E-state index < -0.39 is 43.3 Å². The van der Waals surface area contributed by atoms with Gasteiger partial charge >= 0.3 is 6.03 Å². The second-order valence-electron chi connectivity index (χ2n) is 7.55. The Kier molecular flexibility index (Phi) is 5.15. The first-order valence-corrected chi connectivity index (χ1v) is 11.5. The fraction of sp³-hybridized carbons (Fsp3) is 0.857. The van der Waals surface area contributed by atoms with Crippen LogP contribution in [0.1, 0.15) is 27.2 Å². The summed E-state index contributed by atoms with van der Waals surface area (Å²) in [4.78, 5) is 24.4. The van der Waals surface area contributed by atoms with Crippen molar-refractivity contribution in [3.8, 4) is 0 Å². The van der Waals surface area contributed by atoms with Crippen molar-refractivity contribution in [3.63, 3.8) is 0 Å². The number of halogens is 1. The first-order valence-electron chi connectivity index (χ1n) is 7.69. The van der Waals surface area contributed by atoms with E-state index in [9.17, 15) is 19.1 Å². The van der Waals surface area contributed by atoms with E-state index in [-0.39, 0.29) is 11.6 Å². The highest BCUT2D eigenvalue weighted by molar-refractivity contribution is 8.00. The number of hydrogen-bond donors (Lipinski definition) is 2. The molecule has 0 aromatic carbocycles. The van der Waals surface area contributed by atoms with Gasteiger partial charge in [-0.1, -0.05) is 20.8 Å². The molecule has 0 spiro atoms. The Labute approximate surface area is 141 Å². The molecule has 1 unspecified atom stereocenters. The number of hydrogen-bond acceptors (Lipinski definition) is 5. The third-order valence-electron chi connectivity index (χ3n) is 4.75. The average Bonchev–Trinajstić information content (AvgIpc) is 2.73. The number of carbonyl (C=O) groups excluding carboxylic acids is 2. The third-order valence-corrected chi connectivity index (χ3v) is 10.8. The number of imide groups is 1. The fourth-order valence-electron chi connectivity index (χ4n) is 2.24. The molecule has 0 radical (unpaired) electrons. The van der Waals surface area contributed by atoms with Crippen LogP contribution in [0.4, 0.5) is 9.18 Å². The van der Waals surface area contributed by atoms with Crippen LogP contribution in [0.5, 0.6) is 0 Å². The molecular weight excluding hydrogens is 339 g/mol. The lowest BCUT2D eigenvalue weighted by atomic mass is 10.2. The lowest BCUT2D eigenvalue weighted by molar-refractivity contribution is -0.127. The minimum absolute atomic E-state index is 0.00428. The Morgan fingerprint density at radius 3 is 2.57 bits per heavy atom. The predicted octanol–water partition coefficient (Wildman–Crippen LogP) is 2.05. The number of aliphatic hydroxyl groups excluding tert-OH is 1. The van der Waals surface area contributed by atoms with Gasteiger partial charge < -0.3 is 14.4 Å². The van der Waals surface area contributed by atoms with Gasteiger partial charge in [-0.15, -0.1) is 11.8 Å². The number of urea groups is 1. The highest BCUT2D eigenvalue weighted by atomic mass is 32.2. The van der Waals surface area contributed by atoms with Gasteiger partial charge in [0.25, 0.3) is 5.91 Å². The molecule has 0 saturated carbocycles. The van der Waals surface area contributed by atoms with E-state index in [1.165, 1.54) is 16.7 Å². The van der Waals surface area contributed by atoms with E-state index in [4.69, 9.17) is 4.43 Å². The minimum atomic E-state index is -2.06. The van der Waals surface area contributed by atoms with E-state index in [0.717, 1.165) is 0 Å². The van der Waals surface area contributed by atoms with E-state index in [1.807, 2.05) is 5.32 Å². The number of rotatable bonds is 3. The number of carbonyl (C=O) groups is 2. The molecule has 2 saturated heterocycles. The first kappa shape index (κ1) is 18.7. The molecule has 132 valence electrons. The summed E-state index contributed by atoms with van der Waals surface area (Å²) in [6.07, 6.45) is -2.15. The standard InChI is InChI=1S/C14H25FN2O4SSi/c1-14(2,3)23(4,5)21-12-9(18)6-10(22-12)17-7-8(15)11(19)16-13(17)20/h8-10,12,18H,6-7H2,1-5H3,(H,16,19,20)/t8?,9-,10+,12-/m0/s1. The van der Waals surface area contributed by atoms with Crippen LogP contribution in [-0.4, -0.2) is 59.9 Å². The normalized spacial score (nSPS) is 33.1. The van der Waals surface area contributed by atoms with Crippen LogP contribution in [0.15, 0.2) is 0 Å². The van der Waals surface area contributed by atoms with Crippen LogP contribution in [0.2, 0.25) is 18.1 Å². The smallest absolute Gasteiger partial charge is 0.325 e. The summed E-state index contributed by atoms with van der Waals surface area (Å²) in [5, 5.41) is 11.9. The topological polar surface area (TPSA) is 78.9 Å². The van der Waals surface area contributed by atoms with Gasteiger partial charge in [0, 0.05) is 6.42 Å². The number of amides is 3. The van der Waals surface area contributed by atoms with Crippen molar-refractivity contribution < 1.29 is 23.5 Å². The number of aliphatic hydroxyl groups is 1. The summed E-state index contributed by atoms with van der Waals surface area (Å²) < 4.78 is 19.8. The van der Waals surface area contributed by atoms with Crippen molar-refractivity contribution in [1.82, 2.24) is 10.2 Å². The maximum Gasteiger partial charge on any atom is 0.325 e. The van der Waals surface area contributed by atoms with Crippen molar-refractivity contribution >= 4 is 32.0 Å². The molecule has 0 aromatic heterocycles. The molecule has 6 nitrogen and oxygen atoms in total. The van der Waals surface area contributed by atoms with E-state index in [1.54, 1.807) is 0 Å². The van der Waals surface area contributed by atoms with Crippen molar-refractivity contribution in [2.24, 2.45) is 0 Å². The Morgan fingerprint density at radius 1 is 1.39 bits per heavy atom. The zero-order valence-electron chi connectivity index (χ0n) is 14.1. The molecule has 2 heterocycles. The number of alkyl halides is 1. The monoisotopic (exact) mass is 364 g/mol. The van der Waals surface area contributed by atoms with Crippen molar-refractivity contribution in [1.29, 1.82) is 0 Å². The molecule has 2 aliphatic heterocycles. The van der Waals surface area contributed by atoms with Gasteiger partial charge in [-0.3, -0.25) is 10.1 Å². The molecule has 9 heteroatoms. The highest BCUT2D eigenvalue weighted by Crippen LogP contribution is 2.44. The molecule has 0 aromatic rings. The second-order valence-corrected chi connectivity index (χ2v) is 13.6. The molecule has 0 bridgehead atoms. The van der Waals surface area contributed by atoms with Crippen LogP contribution < -0.4 is 5.32 Å². The molecular formula is C14H25FN2O4SSi. The number of thioether (sulfide) groups is 1. The number of nitrogens with one attached hydrogen (secondary N) is 1. The quantitative estimate of drug-likeness (QED) is 0.750. The zero-order chi connectivity index (χ0) is 17.6. The SMILES string of the molecule is CC(C)(C)[Si](C)(C)O[C@H]1S[C@@H](N2CC(F)C(=O)NC2=O)C[C@@H]1O. The van der Waals surface area contributed by atoms with E-state index >= 15 is 0 Å². The van der Waals surface area contributed by atoms with Gasteiger partial charge in [0.05, 0.1) is 18.0 Å². The van der Waals surface area contributed by atoms with Gasteiger partial charge in [0.1, 0.15) is 5.44 Å². The van der Waals surface area contributed by atoms with Crippen LogP contribution >= 0.6 is 11.8 Å². The zero-order valence-corrected chi connectivity index (χ0v) is 15.9. The summed E-state index contributed by atoms with van der Waals surface area (Å²) in [6, 6.07) is -0.610. The van der Waals surface area contributed by atoms with E-state index in [2.05, 4.69) is 33.9 Å². The highest BCUT2D eigenvalue weighted by Gasteiger charge is 2.47. The van der Waals surface area contributed by atoms with Gasteiger partial charge in [-0.05, 0) is 18.1 Å². The van der Waals surface area contributed by atoms with E-state index in [0.29, 0.717) is 6.42 Å². The van der Waals surface area contributed by atoms with Crippen LogP contribution in [0.3, 0.4) is 0 Å². The number of nitrogens with zero attached hydrogens (tertiary/aromatic N) is 1. The van der Waals surface area contributed by atoms with Crippen molar-refractivity contribution in [3.05, 3.63) is 0 Å². The van der Waals surface area contributed by atoms with Crippen LogP contribution in [-0.2, 0) is 9.22 Å². The summed E-state index contributed by atoms with van der Waals surface area (Å²) in [7, 11) is -2.06. The Bertz CT molecular complexity index is 500. The fourth-order valence-corrected chi connectivity index (χ4v) is 5.51. The molecule has 23 heavy (non-hydrogen) atoms. The van der Waals surface area contributed by atoms with Crippen molar-refractivity contribution in [2.45, 2.75) is 68.4 Å².